The first-order valence-electron chi connectivity index (χ1n) is 7.81. The van der Waals surface area contributed by atoms with E-state index in [4.69, 9.17) is 0 Å². The molecule has 4 aromatic rings. The minimum atomic E-state index is 0.863. The molecule has 0 atom stereocenters. The Balaban J connectivity index is 1.92. The fourth-order valence-corrected chi connectivity index (χ4v) is 2.70. The second kappa shape index (κ2) is 6.42. The van der Waals surface area contributed by atoms with Crippen molar-refractivity contribution >= 4 is 0 Å². The first-order valence-corrected chi connectivity index (χ1v) is 7.81. The number of rotatable bonds is 3. The average Bonchev–Trinajstić information content (AvgIpc) is 2.69. The summed E-state index contributed by atoms with van der Waals surface area (Å²) >= 11 is 0. The minimum absolute atomic E-state index is 0.863. The van der Waals surface area contributed by atoms with Crippen LogP contribution in [0.5, 0.6) is 0 Å². The number of hydrogen-bond acceptors (Lipinski definition) is 3. The molecule has 0 saturated heterocycles. The number of pyridine rings is 1. The van der Waals surface area contributed by atoms with Crippen molar-refractivity contribution in [2.24, 2.45) is 0 Å². The molecule has 0 aliphatic carbocycles. The largest absolute Gasteiger partial charge is 0.265 e. The van der Waals surface area contributed by atoms with Gasteiger partial charge in [0.25, 0.3) is 0 Å². The third-order valence-corrected chi connectivity index (χ3v) is 3.90. The van der Waals surface area contributed by atoms with Crippen molar-refractivity contribution < 1.29 is 0 Å². The molecule has 0 aliphatic heterocycles. The van der Waals surface area contributed by atoms with E-state index in [2.05, 4.69) is 33.4 Å². The Kier molecular flexibility index (Phi) is 3.82. The summed E-state index contributed by atoms with van der Waals surface area (Å²) in [6.07, 6.45) is 3.60. The van der Waals surface area contributed by atoms with Crippen molar-refractivity contribution in [3.8, 4) is 33.6 Å². The van der Waals surface area contributed by atoms with Crippen LogP contribution < -0.4 is 0 Å². The third kappa shape index (κ3) is 2.79. The van der Waals surface area contributed by atoms with Gasteiger partial charge in [-0.15, -0.1) is 10.2 Å². The molecule has 2 aromatic carbocycles. The minimum Gasteiger partial charge on any atom is -0.265 e. The lowest BCUT2D eigenvalue weighted by atomic mass is 9.99. The molecule has 114 valence electrons. The molecule has 2 aromatic heterocycles. The predicted molar refractivity (Wildman–Crippen MR) is 96.1 cm³/mol. The van der Waals surface area contributed by atoms with Gasteiger partial charge in [0.15, 0.2) is 0 Å². The highest BCUT2D eigenvalue weighted by Gasteiger charge is 2.12. The van der Waals surface area contributed by atoms with Gasteiger partial charge in [-0.2, -0.15) is 0 Å². The molecule has 0 N–H and O–H groups in total. The predicted octanol–water partition coefficient (Wildman–Crippen LogP) is 4.87. The number of benzene rings is 2. The molecular formula is C21H15N3. The molecule has 0 fully saturated rings. The van der Waals surface area contributed by atoms with Gasteiger partial charge in [0.05, 0.1) is 5.69 Å². The molecule has 0 amide bonds. The summed E-state index contributed by atoms with van der Waals surface area (Å²) in [5, 5.41) is 8.98. The number of aromatic nitrogens is 3. The zero-order valence-corrected chi connectivity index (χ0v) is 13.0. The molecule has 3 nitrogen and oxygen atoms in total. The van der Waals surface area contributed by atoms with Gasteiger partial charge in [0.1, 0.15) is 5.69 Å². The van der Waals surface area contributed by atoms with Crippen LogP contribution in [0.15, 0.2) is 91.3 Å². The van der Waals surface area contributed by atoms with Crippen molar-refractivity contribution in [1.82, 2.24) is 15.2 Å². The van der Waals surface area contributed by atoms with E-state index in [1.54, 1.807) is 12.4 Å². The van der Waals surface area contributed by atoms with Crippen molar-refractivity contribution in [2.75, 3.05) is 0 Å². The summed E-state index contributed by atoms with van der Waals surface area (Å²) in [4.78, 5) is 4.12. The van der Waals surface area contributed by atoms with Gasteiger partial charge in [-0.3, -0.25) is 4.98 Å². The van der Waals surface area contributed by atoms with Gasteiger partial charge < -0.3 is 0 Å². The lowest BCUT2D eigenvalue weighted by molar-refractivity contribution is 1.05. The van der Waals surface area contributed by atoms with Crippen LogP contribution >= 0.6 is 0 Å². The van der Waals surface area contributed by atoms with E-state index in [0.717, 1.165) is 33.6 Å². The molecule has 0 unspecified atom stereocenters. The van der Waals surface area contributed by atoms with Gasteiger partial charge in [0, 0.05) is 29.1 Å². The molecule has 0 spiro atoms. The molecule has 0 aliphatic rings. The quantitative estimate of drug-likeness (QED) is 0.542. The van der Waals surface area contributed by atoms with Crippen molar-refractivity contribution in [3.63, 3.8) is 0 Å². The summed E-state index contributed by atoms with van der Waals surface area (Å²) in [5.74, 6) is 0. The normalized spacial score (nSPS) is 10.5. The molecular weight excluding hydrogens is 294 g/mol. The molecule has 0 saturated carbocycles. The molecule has 4 rings (SSSR count). The van der Waals surface area contributed by atoms with Crippen LogP contribution in [0.3, 0.4) is 0 Å². The van der Waals surface area contributed by atoms with Crippen LogP contribution in [-0.4, -0.2) is 15.2 Å². The molecule has 2 heterocycles. The maximum atomic E-state index is 4.53. The second-order valence-corrected chi connectivity index (χ2v) is 5.46. The monoisotopic (exact) mass is 309 g/mol. The van der Waals surface area contributed by atoms with E-state index < -0.39 is 0 Å². The van der Waals surface area contributed by atoms with E-state index in [0.29, 0.717) is 0 Å². The van der Waals surface area contributed by atoms with E-state index in [1.165, 1.54) is 0 Å². The summed E-state index contributed by atoms with van der Waals surface area (Å²) in [6.45, 7) is 0. The SMILES string of the molecule is c1ccc(-c2cc(-c3ccncc3)c(-c3ccccc3)nn2)cc1. The maximum Gasteiger partial charge on any atom is 0.101 e. The first-order chi connectivity index (χ1) is 11.9. The molecule has 0 radical (unpaired) electrons. The van der Waals surface area contributed by atoms with Crippen LogP contribution in [-0.2, 0) is 0 Å². The zero-order valence-electron chi connectivity index (χ0n) is 13.0. The summed E-state index contributed by atoms with van der Waals surface area (Å²) in [6, 6.07) is 26.3. The second-order valence-electron chi connectivity index (χ2n) is 5.46. The van der Waals surface area contributed by atoms with Crippen molar-refractivity contribution in [2.45, 2.75) is 0 Å². The van der Waals surface area contributed by atoms with Gasteiger partial charge in [-0.25, -0.2) is 0 Å². The lowest BCUT2D eigenvalue weighted by Gasteiger charge is -2.10. The Labute approximate surface area is 140 Å². The van der Waals surface area contributed by atoms with E-state index in [1.807, 2.05) is 60.7 Å². The summed E-state index contributed by atoms with van der Waals surface area (Å²) < 4.78 is 0. The van der Waals surface area contributed by atoms with Gasteiger partial charge in [-0.1, -0.05) is 60.7 Å². The van der Waals surface area contributed by atoms with E-state index in [9.17, 15) is 0 Å². The molecule has 3 heteroatoms. The lowest BCUT2D eigenvalue weighted by Crippen LogP contribution is -1.95. The maximum absolute atomic E-state index is 4.53. The van der Waals surface area contributed by atoms with Crippen LogP contribution in [0, 0.1) is 0 Å². The Morgan fingerprint density at radius 1 is 0.542 bits per heavy atom. The van der Waals surface area contributed by atoms with Crippen LogP contribution in [0.2, 0.25) is 0 Å². The van der Waals surface area contributed by atoms with Crippen molar-refractivity contribution in [1.29, 1.82) is 0 Å². The summed E-state index contributed by atoms with van der Waals surface area (Å²) in [7, 11) is 0. The highest BCUT2D eigenvalue weighted by atomic mass is 15.1. The Hall–Kier alpha value is -3.33. The molecule has 24 heavy (non-hydrogen) atoms. The van der Waals surface area contributed by atoms with Crippen LogP contribution in [0.4, 0.5) is 0 Å². The smallest absolute Gasteiger partial charge is 0.101 e. The third-order valence-electron chi connectivity index (χ3n) is 3.90. The van der Waals surface area contributed by atoms with Crippen LogP contribution in [0.25, 0.3) is 33.6 Å². The zero-order chi connectivity index (χ0) is 16.2. The van der Waals surface area contributed by atoms with E-state index >= 15 is 0 Å². The summed E-state index contributed by atoms with van der Waals surface area (Å²) in [5.41, 5.74) is 5.98. The first kappa shape index (κ1) is 14.3. The van der Waals surface area contributed by atoms with E-state index in [-0.39, 0.29) is 0 Å². The highest BCUT2D eigenvalue weighted by Crippen LogP contribution is 2.32. The fraction of sp³-hybridized carbons (Fsp3) is 0. The van der Waals surface area contributed by atoms with Gasteiger partial charge in [0.2, 0.25) is 0 Å². The fourth-order valence-electron chi connectivity index (χ4n) is 2.70. The topological polar surface area (TPSA) is 38.7 Å². The van der Waals surface area contributed by atoms with Crippen LogP contribution in [0.1, 0.15) is 0 Å². The number of nitrogens with zero attached hydrogens (tertiary/aromatic N) is 3. The standard InChI is InChI=1S/C21H15N3/c1-3-7-17(8-4-1)20-15-19(16-11-13-22-14-12-16)21(24-23-20)18-9-5-2-6-10-18/h1-15H. The number of hydrogen-bond donors (Lipinski definition) is 0. The Morgan fingerprint density at radius 3 is 1.83 bits per heavy atom. The Morgan fingerprint density at radius 2 is 1.17 bits per heavy atom. The average molecular weight is 309 g/mol. The van der Waals surface area contributed by atoms with Crippen molar-refractivity contribution in [3.05, 3.63) is 91.3 Å². The highest BCUT2D eigenvalue weighted by molar-refractivity contribution is 5.82. The molecule has 0 bridgehead atoms. The van der Waals surface area contributed by atoms with Gasteiger partial charge >= 0.3 is 0 Å². The Bertz CT molecular complexity index is 936. The van der Waals surface area contributed by atoms with Gasteiger partial charge in [-0.05, 0) is 23.8 Å².